The number of carbonyl (C=O) groups excluding carboxylic acids is 2. The van der Waals surface area contributed by atoms with Crippen molar-refractivity contribution in [2.24, 2.45) is 0 Å². The Kier molecular flexibility index (Phi) is 30.1. The number of nitrogens with one attached hydrogen (secondary N) is 2. The second kappa shape index (κ2) is 31.4. The summed E-state index contributed by atoms with van der Waals surface area (Å²) in [5, 5.41) is 25.2. The SMILES string of the molecule is CCCCCCCCCCCCNC(=O)OCC(O)COCC(O)COC(=O)NCCCCCCCCCCCC. The minimum atomic E-state index is -1.00. The number of amides is 2. The maximum atomic E-state index is 11.8. The molecule has 0 aliphatic carbocycles. The highest BCUT2D eigenvalue weighted by atomic mass is 16.6. The van der Waals surface area contributed by atoms with Crippen molar-refractivity contribution in [1.82, 2.24) is 10.6 Å². The van der Waals surface area contributed by atoms with Crippen LogP contribution < -0.4 is 10.6 Å². The smallest absolute Gasteiger partial charge is 0.407 e. The van der Waals surface area contributed by atoms with E-state index in [0.29, 0.717) is 13.1 Å². The molecule has 0 aromatic carbocycles. The first-order valence-electron chi connectivity index (χ1n) is 16.7. The van der Waals surface area contributed by atoms with Gasteiger partial charge in [0.25, 0.3) is 0 Å². The van der Waals surface area contributed by atoms with Gasteiger partial charge in [0.2, 0.25) is 0 Å². The van der Waals surface area contributed by atoms with Crippen LogP contribution in [0.3, 0.4) is 0 Å². The average Bonchev–Trinajstić information content (AvgIpc) is 2.96. The van der Waals surface area contributed by atoms with Crippen LogP contribution in [0.4, 0.5) is 9.59 Å². The number of aliphatic hydroxyl groups excluding tert-OH is 2. The molecule has 0 spiro atoms. The zero-order valence-corrected chi connectivity index (χ0v) is 26.5. The first kappa shape index (κ1) is 39.4. The van der Waals surface area contributed by atoms with Crippen LogP contribution in [0.2, 0.25) is 0 Å². The molecule has 0 rings (SSSR count). The maximum absolute atomic E-state index is 11.8. The van der Waals surface area contributed by atoms with Gasteiger partial charge in [-0.2, -0.15) is 0 Å². The normalized spacial score (nSPS) is 12.6. The predicted molar refractivity (Wildman–Crippen MR) is 165 cm³/mol. The first-order valence-corrected chi connectivity index (χ1v) is 16.7. The molecule has 2 unspecified atom stereocenters. The molecule has 2 atom stereocenters. The lowest BCUT2D eigenvalue weighted by Crippen LogP contribution is -2.33. The summed E-state index contributed by atoms with van der Waals surface area (Å²) in [4.78, 5) is 23.5. The highest BCUT2D eigenvalue weighted by Gasteiger charge is 2.12. The Labute approximate surface area is 250 Å². The molecule has 0 radical (unpaired) electrons. The minimum Gasteiger partial charge on any atom is -0.447 e. The lowest BCUT2D eigenvalue weighted by atomic mass is 10.1. The largest absolute Gasteiger partial charge is 0.447 e. The summed E-state index contributed by atoms with van der Waals surface area (Å²) in [6.45, 7) is 4.98. The maximum Gasteiger partial charge on any atom is 0.407 e. The van der Waals surface area contributed by atoms with Gasteiger partial charge in [-0.25, -0.2) is 9.59 Å². The molecule has 0 aromatic rings. The van der Waals surface area contributed by atoms with E-state index in [2.05, 4.69) is 24.5 Å². The van der Waals surface area contributed by atoms with E-state index in [0.717, 1.165) is 25.7 Å². The van der Waals surface area contributed by atoms with E-state index in [9.17, 15) is 19.8 Å². The second-order valence-corrected chi connectivity index (χ2v) is 11.3. The molecule has 0 bridgehead atoms. The molecular weight excluding hydrogens is 524 g/mol. The molecule has 9 nitrogen and oxygen atoms in total. The molecule has 0 saturated heterocycles. The fourth-order valence-electron chi connectivity index (χ4n) is 4.49. The summed E-state index contributed by atoms with van der Waals surface area (Å²) in [7, 11) is 0. The average molecular weight is 589 g/mol. The van der Waals surface area contributed by atoms with Crippen LogP contribution in [0.25, 0.3) is 0 Å². The van der Waals surface area contributed by atoms with Gasteiger partial charge in [-0.05, 0) is 12.8 Å². The Morgan fingerprint density at radius 3 is 1.10 bits per heavy atom. The number of hydrogen-bond donors (Lipinski definition) is 4. The summed E-state index contributed by atoms with van der Waals surface area (Å²) in [6, 6.07) is 0. The summed E-state index contributed by atoms with van der Waals surface area (Å²) >= 11 is 0. The van der Waals surface area contributed by atoms with Crippen molar-refractivity contribution in [3.63, 3.8) is 0 Å². The minimum absolute atomic E-state index is 0.103. The molecule has 0 aliphatic rings. The van der Waals surface area contributed by atoms with E-state index in [1.54, 1.807) is 0 Å². The molecule has 0 heterocycles. The number of ether oxygens (including phenoxy) is 3. The van der Waals surface area contributed by atoms with Gasteiger partial charge in [0.05, 0.1) is 13.2 Å². The fraction of sp³-hybridized carbons (Fsp3) is 0.938. The summed E-state index contributed by atoms with van der Waals surface area (Å²) in [6.07, 6.45) is 21.5. The fourth-order valence-corrected chi connectivity index (χ4v) is 4.49. The summed E-state index contributed by atoms with van der Waals surface area (Å²) < 4.78 is 15.3. The highest BCUT2D eigenvalue weighted by Crippen LogP contribution is 2.11. The second-order valence-electron chi connectivity index (χ2n) is 11.3. The zero-order chi connectivity index (χ0) is 30.2. The number of hydrogen-bond acceptors (Lipinski definition) is 7. The van der Waals surface area contributed by atoms with Gasteiger partial charge < -0.3 is 35.1 Å². The first-order chi connectivity index (χ1) is 20.0. The quantitative estimate of drug-likeness (QED) is 0.0664. The van der Waals surface area contributed by atoms with E-state index in [1.165, 1.54) is 103 Å². The van der Waals surface area contributed by atoms with Crippen molar-refractivity contribution in [2.45, 2.75) is 154 Å². The van der Waals surface area contributed by atoms with Gasteiger partial charge in [0.15, 0.2) is 0 Å². The van der Waals surface area contributed by atoms with Gasteiger partial charge in [0.1, 0.15) is 25.4 Å². The lowest BCUT2D eigenvalue weighted by Gasteiger charge is -2.15. The van der Waals surface area contributed by atoms with Gasteiger partial charge in [-0.15, -0.1) is 0 Å². The standard InChI is InChI=1S/C32H64N2O7/c1-3-5-7-9-11-13-15-17-19-21-23-33-31(37)40-27-29(35)25-39-26-30(36)28-41-32(38)34-24-22-20-18-16-14-12-10-8-6-4-2/h29-30,35-36H,3-28H2,1-2H3,(H,33,37)(H,34,38). The van der Waals surface area contributed by atoms with Crippen molar-refractivity contribution >= 4 is 12.2 Å². The zero-order valence-electron chi connectivity index (χ0n) is 26.5. The van der Waals surface area contributed by atoms with Crippen LogP contribution in [-0.4, -0.2) is 74.1 Å². The monoisotopic (exact) mass is 588 g/mol. The molecule has 0 aromatic heterocycles. The molecule has 2 amide bonds. The molecule has 41 heavy (non-hydrogen) atoms. The van der Waals surface area contributed by atoms with E-state index in [-0.39, 0.29) is 26.4 Å². The molecule has 244 valence electrons. The van der Waals surface area contributed by atoms with E-state index in [4.69, 9.17) is 14.2 Å². The van der Waals surface area contributed by atoms with Crippen LogP contribution in [0.1, 0.15) is 142 Å². The van der Waals surface area contributed by atoms with Crippen molar-refractivity contribution < 1.29 is 34.0 Å². The van der Waals surface area contributed by atoms with Gasteiger partial charge in [-0.3, -0.25) is 0 Å². The Morgan fingerprint density at radius 2 is 0.780 bits per heavy atom. The predicted octanol–water partition coefficient (Wildman–Crippen LogP) is 7.02. The number of alkyl carbamates (subject to hydrolysis) is 2. The van der Waals surface area contributed by atoms with Crippen molar-refractivity contribution in [3.05, 3.63) is 0 Å². The Bertz CT molecular complexity index is 532. The number of rotatable bonds is 30. The third-order valence-electron chi connectivity index (χ3n) is 7.03. The topological polar surface area (TPSA) is 126 Å². The Hall–Kier alpha value is -1.58. The van der Waals surface area contributed by atoms with E-state index < -0.39 is 24.4 Å². The number of carbonyl (C=O) groups is 2. The van der Waals surface area contributed by atoms with Gasteiger partial charge >= 0.3 is 12.2 Å². The Balaban J connectivity index is 3.50. The summed E-state index contributed by atoms with van der Waals surface area (Å²) in [5.74, 6) is 0. The van der Waals surface area contributed by atoms with Gasteiger partial charge in [0, 0.05) is 13.1 Å². The Morgan fingerprint density at radius 1 is 0.488 bits per heavy atom. The van der Waals surface area contributed by atoms with Crippen molar-refractivity contribution in [3.8, 4) is 0 Å². The van der Waals surface area contributed by atoms with Crippen LogP contribution in [0, 0.1) is 0 Å². The van der Waals surface area contributed by atoms with Crippen molar-refractivity contribution in [2.75, 3.05) is 39.5 Å². The van der Waals surface area contributed by atoms with Crippen LogP contribution in [0.15, 0.2) is 0 Å². The summed E-state index contributed by atoms with van der Waals surface area (Å²) in [5.41, 5.74) is 0. The molecule has 0 saturated carbocycles. The lowest BCUT2D eigenvalue weighted by molar-refractivity contribution is -0.0401. The molecule has 0 aliphatic heterocycles. The molecule has 9 heteroatoms. The van der Waals surface area contributed by atoms with E-state index >= 15 is 0 Å². The third-order valence-corrected chi connectivity index (χ3v) is 7.03. The van der Waals surface area contributed by atoms with Gasteiger partial charge in [-0.1, -0.05) is 129 Å². The molecular formula is C32H64N2O7. The van der Waals surface area contributed by atoms with E-state index in [1.807, 2.05) is 0 Å². The number of aliphatic hydroxyl groups is 2. The van der Waals surface area contributed by atoms with Crippen LogP contribution >= 0.6 is 0 Å². The van der Waals surface area contributed by atoms with Crippen LogP contribution in [-0.2, 0) is 14.2 Å². The molecule has 0 fully saturated rings. The number of unbranched alkanes of at least 4 members (excludes halogenated alkanes) is 18. The highest BCUT2D eigenvalue weighted by molar-refractivity contribution is 5.67. The third kappa shape index (κ3) is 31.2. The van der Waals surface area contributed by atoms with Crippen LogP contribution in [0.5, 0.6) is 0 Å². The van der Waals surface area contributed by atoms with Crippen molar-refractivity contribution in [1.29, 1.82) is 0 Å². The molecule has 4 N–H and O–H groups in total.